The van der Waals surface area contributed by atoms with Crippen molar-refractivity contribution in [3.8, 4) is 0 Å². The van der Waals surface area contributed by atoms with Crippen molar-refractivity contribution in [1.82, 2.24) is 10.6 Å². The summed E-state index contributed by atoms with van der Waals surface area (Å²) in [5.41, 5.74) is 2.58. The molecule has 0 saturated carbocycles. The number of hydrogen-bond donors (Lipinski definition) is 3. The summed E-state index contributed by atoms with van der Waals surface area (Å²) < 4.78 is 28.0. The van der Waals surface area contributed by atoms with Crippen LogP contribution in [0.15, 0.2) is 47.4 Å². The Morgan fingerprint density at radius 3 is 2.61 bits per heavy atom. The van der Waals surface area contributed by atoms with Crippen LogP contribution in [0.1, 0.15) is 34.3 Å². The van der Waals surface area contributed by atoms with Gasteiger partial charge in [0.2, 0.25) is 0 Å². The van der Waals surface area contributed by atoms with Gasteiger partial charge < -0.3 is 10.6 Å². The molecule has 0 aromatic heterocycles. The number of halogens is 1. The normalized spacial score (nSPS) is 16.7. The molecule has 1 aliphatic rings. The van der Waals surface area contributed by atoms with E-state index in [2.05, 4.69) is 15.4 Å². The van der Waals surface area contributed by atoms with Gasteiger partial charge in [0.05, 0.1) is 4.90 Å². The SMILES string of the molecule is Cc1cccc(NS(=O)(=O)c2ccc(C)c(C(=O)NC3CCCNC3)c2)c1.Cl. The topological polar surface area (TPSA) is 87.3 Å². The maximum absolute atomic E-state index is 12.7. The molecule has 8 heteroatoms. The molecule has 0 bridgehead atoms. The van der Waals surface area contributed by atoms with Crippen LogP contribution in [0.25, 0.3) is 0 Å². The largest absolute Gasteiger partial charge is 0.348 e. The number of amides is 1. The van der Waals surface area contributed by atoms with Gasteiger partial charge in [-0.25, -0.2) is 8.42 Å². The standard InChI is InChI=1S/C20H25N3O3S.ClH/c1-14-5-3-6-16(11-14)23-27(25,26)18-9-8-15(2)19(12-18)20(24)22-17-7-4-10-21-13-17;/h3,5-6,8-9,11-12,17,21,23H,4,7,10,13H2,1-2H3,(H,22,24);1H. The predicted molar refractivity (Wildman–Crippen MR) is 114 cm³/mol. The second kappa shape index (κ2) is 9.41. The Morgan fingerprint density at radius 1 is 1.14 bits per heavy atom. The van der Waals surface area contributed by atoms with Crippen molar-refractivity contribution in [3.05, 3.63) is 59.2 Å². The van der Waals surface area contributed by atoms with Gasteiger partial charge in [-0.3, -0.25) is 9.52 Å². The van der Waals surface area contributed by atoms with E-state index in [-0.39, 0.29) is 29.3 Å². The number of anilines is 1. The van der Waals surface area contributed by atoms with Gasteiger partial charge in [-0.15, -0.1) is 12.4 Å². The van der Waals surface area contributed by atoms with Crippen molar-refractivity contribution < 1.29 is 13.2 Å². The fraction of sp³-hybridized carbons (Fsp3) is 0.350. The van der Waals surface area contributed by atoms with Gasteiger partial charge in [0.1, 0.15) is 0 Å². The molecule has 0 spiro atoms. The number of aryl methyl sites for hydroxylation is 2. The molecular formula is C20H26ClN3O3S. The molecule has 3 rings (SSSR count). The van der Waals surface area contributed by atoms with E-state index in [0.717, 1.165) is 37.1 Å². The minimum Gasteiger partial charge on any atom is -0.348 e. The van der Waals surface area contributed by atoms with Crippen LogP contribution in [0.2, 0.25) is 0 Å². The molecule has 1 unspecified atom stereocenters. The molecule has 1 atom stereocenters. The quantitative estimate of drug-likeness (QED) is 0.689. The maximum atomic E-state index is 12.7. The summed E-state index contributed by atoms with van der Waals surface area (Å²) in [6, 6.07) is 11.8. The van der Waals surface area contributed by atoms with Crippen LogP contribution in [0.4, 0.5) is 5.69 Å². The van der Waals surface area contributed by atoms with Crippen molar-refractivity contribution in [2.45, 2.75) is 37.6 Å². The van der Waals surface area contributed by atoms with Crippen LogP contribution >= 0.6 is 12.4 Å². The average molecular weight is 424 g/mol. The lowest BCUT2D eigenvalue weighted by Gasteiger charge is -2.24. The second-order valence-corrected chi connectivity index (χ2v) is 8.65. The fourth-order valence-electron chi connectivity index (χ4n) is 3.17. The first-order valence-electron chi connectivity index (χ1n) is 9.07. The first-order chi connectivity index (χ1) is 12.8. The van der Waals surface area contributed by atoms with Gasteiger partial charge in [0.15, 0.2) is 0 Å². The van der Waals surface area contributed by atoms with E-state index in [0.29, 0.717) is 11.3 Å². The van der Waals surface area contributed by atoms with Crippen molar-refractivity contribution in [1.29, 1.82) is 0 Å². The molecule has 0 radical (unpaired) electrons. The third-order valence-corrected chi connectivity index (χ3v) is 6.05. The van der Waals surface area contributed by atoms with Gasteiger partial charge in [0, 0.05) is 23.8 Å². The number of nitrogens with one attached hydrogen (secondary N) is 3. The molecule has 1 heterocycles. The van der Waals surface area contributed by atoms with Crippen LogP contribution < -0.4 is 15.4 Å². The minimum atomic E-state index is -3.78. The Labute approximate surface area is 172 Å². The predicted octanol–water partition coefficient (Wildman–Crippen LogP) is 3.01. The van der Waals surface area contributed by atoms with E-state index in [4.69, 9.17) is 0 Å². The Kier molecular flexibility index (Phi) is 7.46. The van der Waals surface area contributed by atoms with E-state index in [1.54, 1.807) is 31.2 Å². The number of hydrogen-bond acceptors (Lipinski definition) is 4. The van der Waals surface area contributed by atoms with Gasteiger partial charge in [-0.05, 0) is 68.6 Å². The Bertz CT molecular complexity index is 941. The highest BCUT2D eigenvalue weighted by Gasteiger charge is 2.21. The number of piperidine rings is 1. The third-order valence-electron chi connectivity index (χ3n) is 4.67. The van der Waals surface area contributed by atoms with Crippen molar-refractivity contribution in [3.63, 3.8) is 0 Å². The molecule has 6 nitrogen and oxygen atoms in total. The molecule has 1 aliphatic heterocycles. The molecule has 2 aromatic carbocycles. The summed E-state index contributed by atoms with van der Waals surface area (Å²) >= 11 is 0. The van der Waals surface area contributed by atoms with E-state index < -0.39 is 10.0 Å². The van der Waals surface area contributed by atoms with E-state index in [9.17, 15) is 13.2 Å². The summed E-state index contributed by atoms with van der Waals surface area (Å²) in [7, 11) is -3.78. The van der Waals surface area contributed by atoms with E-state index in [1.165, 1.54) is 12.1 Å². The lowest BCUT2D eigenvalue weighted by molar-refractivity contribution is 0.0930. The van der Waals surface area contributed by atoms with Crippen LogP contribution in [-0.2, 0) is 10.0 Å². The number of benzene rings is 2. The van der Waals surface area contributed by atoms with E-state index in [1.807, 2.05) is 13.0 Å². The fourth-order valence-corrected chi connectivity index (χ4v) is 4.25. The molecule has 0 aliphatic carbocycles. The summed E-state index contributed by atoms with van der Waals surface area (Å²) in [4.78, 5) is 12.7. The Balaban J connectivity index is 0.00000280. The zero-order chi connectivity index (χ0) is 19.4. The lowest BCUT2D eigenvalue weighted by atomic mass is 10.1. The molecule has 152 valence electrons. The van der Waals surface area contributed by atoms with Crippen LogP contribution in [0, 0.1) is 13.8 Å². The summed E-state index contributed by atoms with van der Waals surface area (Å²) in [5, 5.41) is 6.25. The van der Waals surface area contributed by atoms with Gasteiger partial charge >= 0.3 is 0 Å². The smallest absolute Gasteiger partial charge is 0.261 e. The molecule has 2 aromatic rings. The summed E-state index contributed by atoms with van der Waals surface area (Å²) in [5.74, 6) is -0.242. The van der Waals surface area contributed by atoms with Crippen molar-refractivity contribution in [2.24, 2.45) is 0 Å². The highest BCUT2D eigenvalue weighted by molar-refractivity contribution is 7.92. The zero-order valence-electron chi connectivity index (χ0n) is 16.0. The van der Waals surface area contributed by atoms with Crippen LogP contribution in [0.3, 0.4) is 0 Å². The summed E-state index contributed by atoms with van der Waals surface area (Å²) in [6.45, 7) is 5.39. The molecular weight excluding hydrogens is 398 g/mol. The molecule has 1 fully saturated rings. The third kappa shape index (κ3) is 5.47. The highest BCUT2D eigenvalue weighted by atomic mass is 35.5. The number of sulfonamides is 1. The van der Waals surface area contributed by atoms with Crippen molar-refractivity contribution >= 4 is 34.0 Å². The Morgan fingerprint density at radius 2 is 1.93 bits per heavy atom. The number of carbonyl (C=O) groups excluding carboxylic acids is 1. The molecule has 1 saturated heterocycles. The van der Waals surface area contributed by atoms with Crippen LogP contribution in [-0.4, -0.2) is 33.5 Å². The maximum Gasteiger partial charge on any atom is 0.261 e. The monoisotopic (exact) mass is 423 g/mol. The van der Waals surface area contributed by atoms with Gasteiger partial charge in [-0.2, -0.15) is 0 Å². The number of rotatable bonds is 5. The first-order valence-corrected chi connectivity index (χ1v) is 10.6. The molecule has 1 amide bonds. The molecule has 28 heavy (non-hydrogen) atoms. The highest BCUT2D eigenvalue weighted by Crippen LogP contribution is 2.20. The Hall–Kier alpha value is -2.09. The average Bonchev–Trinajstić information content (AvgIpc) is 2.62. The second-order valence-electron chi connectivity index (χ2n) is 6.97. The zero-order valence-corrected chi connectivity index (χ0v) is 17.6. The van der Waals surface area contributed by atoms with Crippen molar-refractivity contribution in [2.75, 3.05) is 17.8 Å². The molecule has 3 N–H and O–H groups in total. The minimum absolute atomic E-state index is 0. The van der Waals surface area contributed by atoms with E-state index >= 15 is 0 Å². The summed E-state index contributed by atoms with van der Waals surface area (Å²) in [6.07, 6.45) is 1.93. The van der Waals surface area contributed by atoms with Gasteiger partial charge in [0.25, 0.3) is 15.9 Å². The van der Waals surface area contributed by atoms with Gasteiger partial charge in [-0.1, -0.05) is 18.2 Å². The lowest BCUT2D eigenvalue weighted by Crippen LogP contribution is -2.45. The van der Waals surface area contributed by atoms with Crippen LogP contribution in [0.5, 0.6) is 0 Å². The first kappa shape index (κ1) is 22.2. The number of carbonyl (C=O) groups is 1.